The van der Waals surface area contributed by atoms with Crippen molar-refractivity contribution in [2.24, 2.45) is 5.10 Å². The standard InChI is InChI=1S/C31H33BrN2O3/c1-3-5-6-7-19-36-26-15-10-23(11-16-26)31-34-29(27-20-24(32)12-17-30(27)37-31)21-28(33-34)22-8-13-25(14-9-22)35-18-4-2/h4,8-17,20,29,31H,2-3,5-7,18-19,21H2,1H3/t29-,31+/m0/s1. The van der Waals surface area contributed by atoms with Crippen LogP contribution in [0.4, 0.5) is 0 Å². The summed E-state index contributed by atoms with van der Waals surface area (Å²) in [6.45, 7) is 7.17. The Balaban J connectivity index is 1.37. The molecule has 2 heterocycles. The Morgan fingerprint density at radius 2 is 1.76 bits per heavy atom. The van der Waals surface area contributed by atoms with E-state index < -0.39 is 0 Å². The van der Waals surface area contributed by atoms with E-state index in [1.54, 1.807) is 6.08 Å². The normalized spacial score (nSPS) is 17.9. The number of benzene rings is 3. The van der Waals surface area contributed by atoms with Gasteiger partial charge in [-0.3, -0.25) is 0 Å². The van der Waals surface area contributed by atoms with Crippen LogP contribution in [-0.2, 0) is 0 Å². The molecule has 0 aromatic heterocycles. The van der Waals surface area contributed by atoms with Gasteiger partial charge in [-0.1, -0.05) is 54.8 Å². The molecule has 2 aliphatic heterocycles. The summed E-state index contributed by atoms with van der Waals surface area (Å²) < 4.78 is 19.2. The fourth-order valence-electron chi connectivity index (χ4n) is 4.80. The van der Waals surface area contributed by atoms with Crippen molar-refractivity contribution in [2.45, 2.75) is 51.3 Å². The van der Waals surface area contributed by atoms with Gasteiger partial charge in [0.2, 0.25) is 6.23 Å². The Morgan fingerprint density at radius 3 is 2.51 bits per heavy atom. The van der Waals surface area contributed by atoms with Gasteiger partial charge in [-0.2, -0.15) is 5.10 Å². The van der Waals surface area contributed by atoms with Crippen molar-refractivity contribution in [3.05, 3.63) is 101 Å². The molecule has 2 aliphatic rings. The fourth-order valence-corrected chi connectivity index (χ4v) is 5.18. The van der Waals surface area contributed by atoms with Crippen LogP contribution in [0.15, 0.2) is 89.0 Å². The first-order valence-electron chi connectivity index (χ1n) is 13.0. The van der Waals surface area contributed by atoms with Crippen molar-refractivity contribution in [1.29, 1.82) is 0 Å². The molecule has 3 aromatic carbocycles. The van der Waals surface area contributed by atoms with Crippen molar-refractivity contribution in [3.8, 4) is 17.2 Å². The van der Waals surface area contributed by atoms with Crippen LogP contribution >= 0.6 is 15.9 Å². The number of ether oxygens (including phenoxy) is 3. The quantitative estimate of drug-likeness (QED) is 0.175. The third kappa shape index (κ3) is 5.85. The molecule has 5 rings (SSSR count). The second-order valence-corrected chi connectivity index (χ2v) is 10.3. The zero-order chi connectivity index (χ0) is 25.6. The second-order valence-electron chi connectivity index (χ2n) is 9.40. The summed E-state index contributed by atoms with van der Waals surface area (Å²) in [5, 5.41) is 7.18. The summed E-state index contributed by atoms with van der Waals surface area (Å²) in [4.78, 5) is 0. The molecule has 0 fully saturated rings. The predicted octanol–water partition coefficient (Wildman–Crippen LogP) is 8.22. The summed E-state index contributed by atoms with van der Waals surface area (Å²) in [5.74, 6) is 2.61. The minimum absolute atomic E-state index is 0.0902. The van der Waals surface area contributed by atoms with Crippen molar-refractivity contribution < 1.29 is 14.2 Å². The largest absolute Gasteiger partial charge is 0.494 e. The lowest BCUT2D eigenvalue weighted by Crippen LogP contribution is -2.33. The predicted molar refractivity (Wildman–Crippen MR) is 151 cm³/mol. The van der Waals surface area contributed by atoms with Gasteiger partial charge in [0, 0.05) is 22.0 Å². The third-order valence-corrected chi connectivity index (χ3v) is 7.23. The molecule has 0 radical (unpaired) electrons. The average molecular weight is 562 g/mol. The lowest BCUT2D eigenvalue weighted by molar-refractivity contribution is -0.0191. The van der Waals surface area contributed by atoms with Gasteiger partial charge in [0.1, 0.15) is 23.9 Å². The van der Waals surface area contributed by atoms with Crippen molar-refractivity contribution >= 4 is 21.6 Å². The Morgan fingerprint density at radius 1 is 1.00 bits per heavy atom. The highest BCUT2D eigenvalue weighted by molar-refractivity contribution is 9.10. The van der Waals surface area contributed by atoms with E-state index in [4.69, 9.17) is 19.3 Å². The molecule has 2 atom stereocenters. The molecule has 0 amide bonds. The van der Waals surface area contributed by atoms with Gasteiger partial charge in [-0.05, 0) is 78.7 Å². The van der Waals surface area contributed by atoms with Gasteiger partial charge in [0.25, 0.3) is 0 Å². The Labute approximate surface area is 227 Å². The van der Waals surface area contributed by atoms with Gasteiger partial charge < -0.3 is 14.2 Å². The van der Waals surface area contributed by atoms with Gasteiger partial charge in [-0.25, -0.2) is 5.01 Å². The van der Waals surface area contributed by atoms with Crippen LogP contribution in [0.5, 0.6) is 17.2 Å². The van der Waals surface area contributed by atoms with Crippen LogP contribution in [0, 0.1) is 0 Å². The zero-order valence-corrected chi connectivity index (χ0v) is 22.8. The number of unbranched alkanes of at least 4 members (excludes halogenated alkanes) is 3. The van der Waals surface area contributed by atoms with Gasteiger partial charge in [0.15, 0.2) is 0 Å². The molecule has 0 saturated heterocycles. The fraction of sp³-hybridized carbons (Fsp3) is 0.323. The van der Waals surface area contributed by atoms with Crippen molar-refractivity contribution in [2.75, 3.05) is 13.2 Å². The highest BCUT2D eigenvalue weighted by atomic mass is 79.9. The average Bonchev–Trinajstić information content (AvgIpc) is 3.38. The Bertz CT molecular complexity index is 1240. The molecule has 3 aromatic rings. The van der Waals surface area contributed by atoms with Crippen LogP contribution in [0.1, 0.15) is 68.0 Å². The molecule has 0 spiro atoms. The van der Waals surface area contributed by atoms with Crippen molar-refractivity contribution in [1.82, 2.24) is 5.01 Å². The molecule has 37 heavy (non-hydrogen) atoms. The van der Waals surface area contributed by atoms with Crippen LogP contribution < -0.4 is 14.2 Å². The van der Waals surface area contributed by atoms with E-state index in [1.165, 1.54) is 19.3 Å². The SMILES string of the molecule is C=CCOc1ccc(C2=NN3[C@@H](c4ccc(OCCCCCC)cc4)Oc4ccc(Br)cc4[C@@H]3C2)cc1. The van der Waals surface area contributed by atoms with Gasteiger partial charge >= 0.3 is 0 Å². The first kappa shape index (κ1) is 25.4. The van der Waals surface area contributed by atoms with E-state index in [1.807, 2.05) is 36.4 Å². The van der Waals surface area contributed by atoms with Gasteiger partial charge in [0.05, 0.1) is 18.4 Å². The van der Waals surface area contributed by atoms with Crippen LogP contribution in [-0.4, -0.2) is 23.9 Å². The molecule has 5 nitrogen and oxygen atoms in total. The molecule has 6 heteroatoms. The lowest BCUT2D eigenvalue weighted by atomic mass is 9.96. The number of hydrogen-bond acceptors (Lipinski definition) is 5. The summed E-state index contributed by atoms with van der Waals surface area (Å²) >= 11 is 3.63. The molecule has 0 N–H and O–H groups in total. The Kier molecular flexibility index (Phi) is 8.15. The van der Waals surface area contributed by atoms with E-state index in [2.05, 4.69) is 64.8 Å². The summed E-state index contributed by atoms with van der Waals surface area (Å²) in [6.07, 6.45) is 7.01. The lowest BCUT2D eigenvalue weighted by Gasteiger charge is -2.38. The van der Waals surface area contributed by atoms with Crippen molar-refractivity contribution in [3.63, 3.8) is 0 Å². The number of nitrogens with zero attached hydrogens (tertiary/aromatic N) is 2. The molecule has 0 aliphatic carbocycles. The van der Waals surface area contributed by atoms with E-state index in [-0.39, 0.29) is 12.3 Å². The minimum Gasteiger partial charge on any atom is -0.494 e. The van der Waals surface area contributed by atoms with Crippen LogP contribution in [0.3, 0.4) is 0 Å². The maximum atomic E-state index is 6.53. The second kappa shape index (κ2) is 11.9. The molecule has 0 unspecified atom stereocenters. The molecule has 192 valence electrons. The van der Waals surface area contributed by atoms with E-state index >= 15 is 0 Å². The Hall–Kier alpha value is -3.25. The highest BCUT2D eigenvalue weighted by Gasteiger charge is 2.41. The molecule has 0 saturated carbocycles. The number of hydrazone groups is 1. The summed E-state index contributed by atoms with van der Waals surface area (Å²) in [7, 11) is 0. The molecule has 0 bridgehead atoms. The zero-order valence-electron chi connectivity index (χ0n) is 21.2. The number of halogens is 1. The topological polar surface area (TPSA) is 43.3 Å². The monoisotopic (exact) mass is 560 g/mol. The third-order valence-electron chi connectivity index (χ3n) is 6.74. The van der Waals surface area contributed by atoms with Gasteiger partial charge in [-0.15, -0.1) is 0 Å². The number of fused-ring (bicyclic) bond motifs is 3. The minimum atomic E-state index is -0.315. The molecular weight excluding hydrogens is 528 g/mol. The maximum Gasteiger partial charge on any atom is 0.213 e. The maximum absolute atomic E-state index is 6.53. The number of hydrogen-bond donors (Lipinski definition) is 0. The van der Waals surface area contributed by atoms with Crippen LogP contribution in [0.25, 0.3) is 0 Å². The highest BCUT2D eigenvalue weighted by Crippen LogP contribution is 2.48. The first-order valence-corrected chi connectivity index (χ1v) is 13.8. The first-order chi connectivity index (χ1) is 18.2. The summed E-state index contributed by atoms with van der Waals surface area (Å²) in [6, 6.07) is 22.7. The summed E-state index contributed by atoms with van der Waals surface area (Å²) in [5.41, 5.74) is 4.31. The van der Waals surface area contributed by atoms with E-state index in [9.17, 15) is 0 Å². The molecular formula is C31H33BrN2O3. The smallest absolute Gasteiger partial charge is 0.213 e. The van der Waals surface area contributed by atoms with E-state index in [0.29, 0.717) is 6.61 Å². The van der Waals surface area contributed by atoms with Crippen LogP contribution in [0.2, 0.25) is 0 Å². The number of rotatable bonds is 11. The van der Waals surface area contributed by atoms with E-state index in [0.717, 1.165) is 63.6 Å².